The first-order valence-electron chi connectivity index (χ1n) is 15.4. The van der Waals surface area contributed by atoms with E-state index in [0.717, 1.165) is 31.9 Å². The van der Waals surface area contributed by atoms with Crippen LogP contribution in [-0.4, -0.2) is 79.3 Å². The molecule has 6 rings (SSSR count). The zero-order valence-electron chi connectivity index (χ0n) is 26.1. The molecule has 0 bridgehead atoms. The summed E-state index contributed by atoms with van der Waals surface area (Å²) in [6, 6.07) is 13.5. The number of anilines is 3. The number of benzene rings is 2. The van der Waals surface area contributed by atoms with Gasteiger partial charge >= 0.3 is 0 Å². The number of likely N-dealkylation sites (N-methyl/N-ethyl adjacent to an activating group) is 1. The van der Waals surface area contributed by atoms with Crippen molar-refractivity contribution >= 4 is 56.5 Å². The zero-order valence-corrected chi connectivity index (χ0v) is 26.9. The van der Waals surface area contributed by atoms with Crippen LogP contribution in [0.3, 0.4) is 0 Å². The van der Waals surface area contributed by atoms with Gasteiger partial charge in [0.05, 0.1) is 27.1 Å². The predicted molar refractivity (Wildman–Crippen MR) is 177 cm³/mol. The standard InChI is InChI=1S/C33H38FN7O4S/c1-33(2,24-6-4-5-7-25(24)34)37-31(44)27-19-23-28(38-39-32(23)46-27)36-30(43)22-9-8-21(41-14-12-40(3)13-15-41)18-26(22)35-29(42)20-10-16-45-17-11-20/h4-9,18-20H,10-17H2,1-3H3,(H,35,42)(H,37,44)(H2,36,38,39,43). The SMILES string of the molecule is CN1CCN(c2ccc(C(=O)Nc3n[nH]c4sc(C(=O)NC(C)(C)c5ccccc5F)cc34)c(NC(=O)C3CCOCC3)c2)CC1. The van der Waals surface area contributed by atoms with E-state index in [1.807, 2.05) is 12.1 Å². The van der Waals surface area contributed by atoms with Crippen LogP contribution in [0.2, 0.25) is 0 Å². The van der Waals surface area contributed by atoms with Crippen LogP contribution in [0.5, 0.6) is 0 Å². The molecule has 11 nitrogen and oxygen atoms in total. The van der Waals surface area contributed by atoms with Gasteiger partial charge in [0.15, 0.2) is 5.82 Å². The van der Waals surface area contributed by atoms with E-state index in [0.29, 0.717) is 58.0 Å². The fraction of sp³-hybridized carbons (Fsp3) is 0.394. The lowest BCUT2D eigenvalue weighted by Gasteiger charge is -2.34. The monoisotopic (exact) mass is 647 g/mol. The lowest BCUT2D eigenvalue weighted by atomic mass is 9.93. The summed E-state index contributed by atoms with van der Waals surface area (Å²) in [6.45, 7) is 8.06. The smallest absolute Gasteiger partial charge is 0.262 e. The van der Waals surface area contributed by atoms with Crippen LogP contribution in [0.25, 0.3) is 10.2 Å². The van der Waals surface area contributed by atoms with E-state index >= 15 is 0 Å². The average molecular weight is 648 g/mol. The number of thiophene rings is 1. The van der Waals surface area contributed by atoms with Crippen molar-refractivity contribution in [3.8, 4) is 0 Å². The van der Waals surface area contributed by atoms with Gasteiger partial charge in [-0.25, -0.2) is 4.39 Å². The number of rotatable bonds is 8. The molecule has 0 spiro atoms. The number of fused-ring (bicyclic) bond motifs is 1. The summed E-state index contributed by atoms with van der Waals surface area (Å²) in [6.07, 6.45) is 1.25. The maximum absolute atomic E-state index is 14.5. The van der Waals surface area contributed by atoms with Gasteiger partial charge in [-0.05, 0) is 64.1 Å². The van der Waals surface area contributed by atoms with Crippen LogP contribution in [0.4, 0.5) is 21.6 Å². The second-order valence-corrected chi connectivity index (χ2v) is 13.4. The molecule has 2 fully saturated rings. The molecule has 0 unspecified atom stereocenters. The third kappa shape index (κ3) is 6.76. The Morgan fingerprint density at radius 1 is 1.00 bits per heavy atom. The number of hydrogen-bond acceptors (Lipinski definition) is 8. The Morgan fingerprint density at radius 2 is 1.74 bits per heavy atom. The second-order valence-electron chi connectivity index (χ2n) is 12.3. The number of piperazine rings is 1. The molecule has 242 valence electrons. The van der Waals surface area contributed by atoms with Crippen molar-refractivity contribution in [3.05, 3.63) is 70.4 Å². The van der Waals surface area contributed by atoms with Crippen LogP contribution in [0, 0.1) is 11.7 Å². The van der Waals surface area contributed by atoms with Crippen molar-refractivity contribution < 1.29 is 23.5 Å². The van der Waals surface area contributed by atoms with Gasteiger partial charge in [-0.3, -0.25) is 19.5 Å². The molecule has 46 heavy (non-hydrogen) atoms. The number of ether oxygens (including phenoxy) is 1. The quantitative estimate of drug-likeness (QED) is 0.216. The lowest BCUT2D eigenvalue weighted by Crippen LogP contribution is -2.44. The molecule has 2 aliphatic rings. The topological polar surface area (TPSA) is 132 Å². The van der Waals surface area contributed by atoms with Crippen LogP contribution in [0.1, 0.15) is 52.3 Å². The number of halogens is 1. The fourth-order valence-corrected chi connectivity index (χ4v) is 6.77. The Hall–Kier alpha value is -4.33. The van der Waals surface area contributed by atoms with E-state index in [9.17, 15) is 18.8 Å². The molecule has 2 saturated heterocycles. The average Bonchev–Trinajstić information content (AvgIpc) is 3.64. The number of H-pyrrole nitrogens is 1. The normalized spacial score (nSPS) is 16.4. The number of carbonyl (C=O) groups excluding carboxylic acids is 3. The van der Waals surface area contributed by atoms with Gasteiger partial charge in [-0.2, -0.15) is 5.10 Å². The largest absolute Gasteiger partial charge is 0.381 e. The molecule has 4 heterocycles. The fourth-order valence-electron chi connectivity index (χ4n) is 5.87. The van der Waals surface area contributed by atoms with Crippen molar-refractivity contribution in [1.29, 1.82) is 0 Å². The molecule has 0 saturated carbocycles. The van der Waals surface area contributed by atoms with Gasteiger partial charge in [-0.15, -0.1) is 11.3 Å². The number of aromatic amines is 1. The molecule has 2 aliphatic heterocycles. The Morgan fingerprint density at radius 3 is 2.48 bits per heavy atom. The second kappa shape index (κ2) is 13.2. The van der Waals surface area contributed by atoms with Gasteiger partial charge in [0.25, 0.3) is 11.8 Å². The summed E-state index contributed by atoms with van der Waals surface area (Å²) in [5.41, 5.74) is 1.07. The van der Waals surface area contributed by atoms with Crippen LogP contribution in [0.15, 0.2) is 48.5 Å². The molecular formula is C33H38FN7O4S. The third-order valence-electron chi connectivity index (χ3n) is 8.65. The number of nitrogens with one attached hydrogen (secondary N) is 4. The number of amides is 3. The molecule has 0 radical (unpaired) electrons. The molecule has 0 aliphatic carbocycles. The van der Waals surface area contributed by atoms with Crippen LogP contribution < -0.4 is 20.9 Å². The molecule has 13 heteroatoms. The molecule has 3 amide bonds. The highest BCUT2D eigenvalue weighted by Gasteiger charge is 2.28. The number of aromatic nitrogens is 2. The maximum atomic E-state index is 14.5. The molecular weight excluding hydrogens is 609 g/mol. The zero-order chi connectivity index (χ0) is 32.4. The third-order valence-corrected chi connectivity index (χ3v) is 9.69. The first kappa shape index (κ1) is 31.6. The van der Waals surface area contributed by atoms with Gasteiger partial charge in [0.1, 0.15) is 10.6 Å². The summed E-state index contributed by atoms with van der Waals surface area (Å²) in [5.74, 6) is -1.30. The minimum absolute atomic E-state index is 0.137. The Kier molecular flexibility index (Phi) is 9.07. The van der Waals surface area contributed by atoms with Gasteiger partial charge < -0.3 is 30.5 Å². The number of hydrogen-bond donors (Lipinski definition) is 4. The van der Waals surface area contributed by atoms with Crippen molar-refractivity contribution in [2.75, 3.05) is 62.0 Å². The van der Waals surface area contributed by atoms with E-state index in [1.54, 1.807) is 44.2 Å². The Balaban J connectivity index is 1.22. The molecule has 2 aromatic carbocycles. The van der Waals surface area contributed by atoms with Crippen molar-refractivity contribution in [1.82, 2.24) is 20.4 Å². The van der Waals surface area contributed by atoms with Gasteiger partial charge in [0.2, 0.25) is 5.91 Å². The highest BCUT2D eigenvalue weighted by atomic mass is 32.1. The van der Waals surface area contributed by atoms with Gasteiger partial charge in [0, 0.05) is 56.6 Å². The highest BCUT2D eigenvalue weighted by Crippen LogP contribution is 2.32. The van der Waals surface area contributed by atoms with Gasteiger partial charge in [-0.1, -0.05) is 18.2 Å². The summed E-state index contributed by atoms with van der Waals surface area (Å²) in [5, 5.41) is 16.5. The summed E-state index contributed by atoms with van der Waals surface area (Å²) < 4.78 is 19.9. The minimum atomic E-state index is -0.961. The maximum Gasteiger partial charge on any atom is 0.262 e. The minimum Gasteiger partial charge on any atom is -0.381 e. The highest BCUT2D eigenvalue weighted by molar-refractivity contribution is 7.20. The lowest BCUT2D eigenvalue weighted by molar-refractivity contribution is -0.122. The number of carbonyl (C=O) groups is 3. The van der Waals surface area contributed by atoms with E-state index in [4.69, 9.17) is 4.74 Å². The molecule has 4 N–H and O–H groups in total. The first-order chi connectivity index (χ1) is 22.1. The number of nitrogens with zero attached hydrogens (tertiary/aromatic N) is 3. The summed E-state index contributed by atoms with van der Waals surface area (Å²) in [4.78, 5) is 45.7. The van der Waals surface area contributed by atoms with Crippen LogP contribution in [-0.2, 0) is 15.1 Å². The van der Waals surface area contributed by atoms with Crippen molar-refractivity contribution in [2.24, 2.45) is 5.92 Å². The Labute approximate surface area is 270 Å². The van der Waals surface area contributed by atoms with E-state index in [1.165, 1.54) is 17.4 Å². The molecule has 0 atom stereocenters. The summed E-state index contributed by atoms with van der Waals surface area (Å²) in [7, 11) is 2.09. The van der Waals surface area contributed by atoms with E-state index < -0.39 is 17.3 Å². The van der Waals surface area contributed by atoms with Crippen molar-refractivity contribution in [3.63, 3.8) is 0 Å². The van der Waals surface area contributed by atoms with Crippen LogP contribution >= 0.6 is 11.3 Å². The van der Waals surface area contributed by atoms with Crippen molar-refractivity contribution in [2.45, 2.75) is 32.2 Å². The van der Waals surface area contributed by atoms with E-state index in [2.05, 4.69) is 43.0 Å². The first-order valence-corrected chi connectivity index (χ1v) is 16.2. The molecule has 2 aromatic heterocycles. The summed E-state index contributed by atoms with van der Waals surface area (Å²) >= 11 is 1.18. The Bertz CT molecular complexity index is 1760. The van der Waals surface area contributed by atoms with E-state index in [-0.39, 0.29) is 23.6 Å². The molecule has 4 aromatic rings. The predicted octanol–water partition coefficient (Wildman–Crippen LogP) is 4.80.